The van der Waals surface area contributed by atoms with Crippen LogP contribution in [0.3, 0.4) is 0 Å². The Morgan fingerprint density at radius 1 is 0.810 bits per heavy atom. The summed E-state index contributed by atoms with van der Waals surface area (Å²) in [4.78, 5) is 11.9. The lowest BCUT2D eigenvalue weighted by molar-refractivity contribution is 0.0979. The summed E-state index contributed by atoms with van der Waals surface area (Å²) in [6, 6.07) is 7.14. The number of unbranched alkanes of at least 4 members (excludes halogenated alkanes) is 8. The van der Waals surface area contributed by atoms with E-state index in [0.29, 0.717) is 18.1 Å². The van der Waals surface area contributed by atoms with Crippen molar-refractivity contribution in [2.45, 2.75) is 64.2 Å². The number of carbonyl (C=O) groups excluding carboxylic acids is 1. The molecule has 0 bridgehead atoms. The molecule has 0 amide bonds. The second-order valence-corrected chi connectivity index (χ2v) is 6.02. The van der Waals surface area contributed by atoms with Gasteiger partial charge in [0, 0.05) is 23.6 Å². The van der Waals surface area contributed by atoms with E-state index in [0.717, 1.165) is 31.2 Å². The number of hydrogen-bond donors (Lipinski definition) is 1. The Morgan fingerprint density at radius 3 is 1.81 bits per heavy atom. The number of benzene rings is 1. The first-order valence-corrected chi connectivity index (χ1v) is 8.51. The van der Waals surface area contributed by atoms with E-state index < -0.39 is 0 Å². The van der Waals surface area contributed by atoms with Crippen molar-refractivity contribution in [2.24, 2.45) is 0 Å². The van der Waals surface area contributed by atoms with Crippen LogP contribution < -0.4 is 0 Å². The standard InChI is InChI=1S/C18H27ClO2/c19-17-13-11-16(12-14-17)18(21)10-8-6-4-2-1-3-5-7-9-15-20/h11-14,20H,1-10,15H2. The highest BCUT2D eigenvalue weighted by molar-refractivity contribution is 6.30. The molecule has 0 aliphatic heterocycles. The molecule has 0 atom stereocenters. The monoisotopic (exact) mass is 310 g/mol. The van der Waals surface area contributed by atoms with Crippen molar-refractivity contribution in [2.75, 3.05) is 6.61 Å². The number of aliphatic hydroxyl groups is 1. The fourth-order valence-electron chi connectivity index (χ4n) is 2.41. The molecule has 0 spiro atoms. The molecule has 21 heavy (non-hydrogen) atoms. The third-order valence-corrected chi connectivity index (χ3v) is 3.98. The largest absolute Gasteiger partial charge is 0.396 e. The zero-order valence-electron chi connectivity index (χ0n) is 12.8. The highest BCUT2D eigenvalue weighted by Gasteiger charge is 2.04. The second kappa shape index (κ2) is 11.8. The third-order valence-electron chi connectivity index (χ3n) is 3.73. The van der Waals surface area contributed by atoms with E-state index in [2.05, 4.69) is 0 Å². The smallest absolute Gasteiger partial charge is 0.162 e. The fraction of sp³-hybridized carbons (Fsp3) is 0.611. The van der Waals surface area contributed by atoms with E-state index in [1.54, 1.807) is 24.3 Å². The number of carbonyl (C=O) groups is 1. The van der Waals surface area contributed by atoms with E-state index in [4.69, 9.17) is 16.7 Å². The van der Waals surface area contributed by atoms with Crippen LogP contribution in [0.5, 0.6) is 0 Å². The lowest BCUT2D eigenvalue weighted by Crippen LogP contribution is -1.98. The van der Waals surface area contributed by atoms with Gasteiger partial charge in [0.1, 0.15) is 0 Å². The number of hydrogen-bond acceptors (Lipinski definition) is 2. The molecule has 0 aliphatic carbocycles. The molecule has 1 N–H and O–H groups in total. The van der Waals surface area contributed by atoms with Gasteiger partial charge in [-0.2, -0.15) is 0 Å². The summed E-state index contributed by atoms with van der Waals surface area (Å²) in [6.07, 6.45) is 11.1. The van der Waals surface area contributed by atoms with Gasteiger partial charge in [-0.25, -0.2) is 0 Å². The van der Waals surface area contributed by atoms with E-state index in [9.17, 15) is 4.79 Å². The fourth-order valence-corrected chi connectivity index (χ4v) is 2.54. The lowest BCUT2D eigenvalue weighted by atomic mass is 10.0. The van der Waals surface area contributed by atoms with Crippen LogP contribution in [0.1, 0.15) is 74.6 Å². The van der Waals surface area contributed by atoms with E-state index in [1.165, 1.54) is 32.1 Å². The highest BCUT2D eigenvalue weighted by Crippen LogP contribution is 2.14. The van der Waals surface area contributed by atoms with E-state index in [1.807, 2.05) is 0 Å². The Morgan fingerprint density at radius 2 is 1.29 bits per heavy atom. The van der Waals surface area contributed by atoms with Gasteiger partial charge in [-0.1, -0.05) is 56.5 Å². The van der Waals surface area contributed by atoms with E-state index >= 15 is 0 Å². The van der Waals surface area contributed by atoms with E-state index in [-0.39, 0.29) is 5.78 Å². The number of rotatable bonds is 12. The molecule has 0 heterocycles. The summed E-state index contributed by atoms with van der Waals surface area (Å²) in [5, 5.41) is 9.34. The summed E-state index contributed by atoms with van der Waals surface area (Å²) >= 11 is 5.81. The molecule has 3 heteroatoms. The van der Waals surface area contributed by atoms with Crippen LogP contribution in [0.4, 0.5) is 0 Å². The Balaban J connectivity index is 1.96. The minimum Gasteiger partial charge on any atom is -0.396 e. The van der Waals surface area contributed by atoms with Gasteiger partial charge in [0.2, 0.25) is 0 Å². The molecule has 0 saturated carbocycles. The van der Waals surface area contributed by atoms with Crippen LogP contribution in [0.15, 0.2) is 24.3 Å². The molecule has 0 saturated heterocycles. The molecular formula is C18H27ClO2. The maximum absolute atomic E-state index is 11.9. The summed E-state index contributed by atoms with van der Waals surface area (Å²) < 4.78 is 0. The average molecular weight is 311 g/mol. The van der Waals surface area contributed by atoms with Crippen LogP contribution in [-0.4, -0.2) is 17.5 Å². The van der Waals surface area contributed by atoms with Crippen molar-refractivity contribution in [3.05, 3.63) is 34.9 Å². The maximum atomic E-state index is 11.9. The van der Waals surface area contributed by atoms with Crippen LogP contribution in [-0.2, 0) is 0 Å². The predicted molar refractivity (Wildman–Crippen MR) is 89.0 cm³/mol. The van der Waals surface area contributed by atoms with Crippen molar-refractivity contribution < 1.29 is 9.90 Å². The first-order valence-electron chi connectivity index (χ1n) is 8.13. The van der Waals surface area contributed by atoms with Crippen molar-refractivity contribution in [1.29, 1.82) is 0 Å². The molecule has 0 fully saturated rings. The number of halogens is 1. The van der Waals surface area contributed by atoms with Crippen molar-refractivity contribution in [3.63, 3.8) is 0 Å². The van der Waals surface area contributed by atoms with Gasteiger partial charge in [0.15, 0.2) is 5.78 Å². The van der Waals surface area contributed by atoms with Gasteiger partial charge in [0.05, 0.1) is 0 Å². The molecule has 1 rings (SSSR count). The quantitative estimate of drug-likeness (QED) is 0.413. The molecular weight excluding hydrogens is 284 g/mol. The summed E-state index contributed by atoms with van der Waals surface area (Å²) in [5.41, 5.74) is 0.767. The Kier molecular flexibility index (Phi) is 10.2. The van der Waals surface area contributed by atoms with Crippen molar-refractivity contribution in [3.8, 4) is 0 Å². The molecule has 0 radical (unpaired) electrons. The minimum absolute atomic E-state index is 0.218. The highest BCUT2D eigenvalue weighted by atomic mass is 35.5. The van der Waals surface area contributed by atoms with Crippen LogP contribution in [0.2, 0.25) is 5.02 Å². The first kappa shape index (κ1) is 18.2. The molecule has 0 aromatic heterocycles. The molecule has 1 aromatic rings. The Bertz CT molecular complexity index is 387. The average Bonchev–Trinajstić information content (AvgIpc) is 2.49. The number of ketones is 1. The van der Waals surface area contributed by atoms with Crippen LogP contribution in [0.25, 0.3) is 0 Å². The summed E-state index contributed by atoms with van der Waals surface area (Å²) in [7, 11) is 0. The predicted octanol–water partition coefficient (Wildman–Crippen LogP) is 5.42. The van der Waals surface area contributed by atoms with Crippen molar-refractivity contribution >= 4 is 17.4 Å². The normalized spacial score (nSPS) is 10.8. The molecule has 118 valence electrons. The molecule has 2 nitrogen and oxygen atoms in total. The van der Waals surface area contributed by atoms with Crippen LogP contribution >= 0.6 is 11.6 Å². The SMILES string of the molecule is O=C(CCCCCCCCCCCO)c1ccc(Cl)cc1. The lowest BCUT2D eigenvalue weighted by Gasteiger charge is -2.03. The van der Waals surface area contributed by atoms with Gasteiger partial charge < -0.3 is 5.11 Å². The number of Topliss-reactive ketones (excluding diaryl/α,β-unsaturated/α-hetero) is 1. The third kappa shape index (κ3) is 8.90. The molecule has 0 unspecified atom stereocenters. The summed E-state index contributed by atoms with van der Waals surface area (Å²) in [5.74, 6) is 0.218. The van der Waals surface area contributed by atoms with Gasteiger partial charge >= 0.3 is 0 Å². The van der Waals surface area contributed by atoms with Gasteiger partial charge in [0.25, 0.3) is 0 Å². The molecule has 0 aliphatic rings. The second-order valence-electron chi connectivity index (χ2n) is 5.59. The zero-order chi connectivity index (χ0) is 15.3. The zero-order valence-corrected chi connectivity index (χ0v) is 13.6. The maximum Gasteiger partial charge on any atom is 0.162 e. The first-order chi connectivity index (χ1) is 10.2. The van der Waals surface area contributed by atoms with Gasteiger partial charge in [-0.15, -0.1) is 0 Å². The Labute approximate surface area is 133 Å². The topological polar surface area (TPSA) is 37.3 Å². The Hall–Kier alpha value is -0.860. The van der Waals surface area contributed by atoms with Gasteiger partial charge in [-0.05, 0) is 37.1 Å². The van der Waals surface area contributed by atoms with Gasteiger partial charge in [-0.3, -0.25) is 4.79 Å². The van der Waals surface area contributed by atoms with Crippen LogP contribution in [0, 0.1) is 0 Å². The van der Waals surface area contributed by atoms with Crippen molar-refractivity contribution in [1.82, 2.24) is 0 Å². The summed E-state index contributed by atoms with van der Waals surface area (Å²) in [6.45, 7) is 0.321. The minimum atomic E-state index is 0.218. The molecule has 1 aromatic carbocycles. The number of aliphatic hydroxyl groups excluding tert-OH is 1.